The monoisotopic (exact) mass is 541 g/mol. The van der Waals surface area contributed by atoms with E-state index in [0.29, 0.717) is 106 Å². The number of esters is 1. The van der Waals surface area contributed by atoms with Crippen LogP contribution in [0.25, 0.3) is 0 Å². The molecule has 0 rings (SSSR count). The molecule has 0 saturated heterocycles. The Morgan fingerprint density at radius 3 is 1.05 bits per heavy atom. The lowest BCUT2D eigenvalue weighted by molar-refractivity contribution is -0.151. The van der Waals surface area contributed by atoms with Gasteiger partial charge in [0.05, 0.1) is 112 Å². The van der Waals surface area contributed by atoms with Crippen LogP contribution < -0.4 is 5.73 Å². The first kappa shape index (κ1) is 35.2. The summed E-state index contributed by atoms with van der Waals surface area (Å²) >= 11 is 0. The van der Waals surface area contributed by atoms with Crippen LogP contribution in [0, 0.1) is 0 Å². The minimum Gasteiger partial charge on any atom is -0.476 e. The fraction of sp³-hybridized carbons (Fsp3) is 0.870. The summed E-state index contributed by atoms with van der Waals surface area (Å²) in [6.45, 7) is 7.68. The highest BCUT2D eigenvalue weighted by Gasteiger charge is 2.14. The minimum absolute atomic E-state index is 0.0183. The van der Waals surface area contributed by atoms with E-state index in [2.05, 4.69) is 0 Å². The molecule has 0 heterocycles. The van der Waals surface area contributed by atoms with Crippen LogP contribution in [0.3, 0.4) is 0 Å². The molecule has 0 fully saturated rings. The molecule has 0 amide bonds. The number of hydrogen-bond donors (Lipinski definition) is 2. The van der Waals surface area contributed by atoms with E-state index in [1.165, 1.54) is 0 Å². The number of ketones is 1. The van der Waals surface area contributed by atoms with Gasteiger partial charge in [-0.05, 0) is 0 Å². The van der Waals surface area contributed by atoms with Gasteiger partial charge in [-0.2, -0.15) is 0 Å². The first-order chi connectivity index (χ1) is 18.1. The van der Waals surface area contributed by atoms with Gasteiger partial charge in [-0.3, -0.25) is 9.59 Å². The molecule has 0 aliphatic heterocycles. The van der Waals surface area contributed by atoms with Crippen molar-refractivity contribution in [1.29, 1.82) is 0 Å². The number of carbonyl (C=O) groups is 3. The zero-order chi connectivity index (χ0) is 27.2. The van der Waals surface area contributed by atoms with Crippen molar-refractivity contribution >= 4 is 17.7 Å². The summed E-state index contributed by atoms with van der Waals surface area (Å²) in [5.74, 6) is -3.23. The molecular weight excluding hydrogens is 498 g/mol. The molecule has 0 atom stereocenters. The van der Waals surface area contributed by atoms with E-state index >= 15 is 0 Å². The van der Waals surface area contributed by atoms with Crippen LogP contribution in [0.2, 0.25) is 0 Å². The van der Waals surface area contributed by atoms with E-state index in [0.717, 1.165) is 0 Å². The Bertz CT molecular complexity index is 551. The molecular formula is C23H43NO13. The van der Waals surface area contributed by atoms with Crippen LogP contribution in [-0.2, 0) is 57.0 Å². The van der Waals surface area contributed by atoms with Crippen molar-refractivity contribution in [2.24, 2.45) is 5.73 Å². The molecule has 0 aromatic rings. The average Bonchev–Trinajstić information content (AvgIpc) is 2.89. The predicted octanol–water partition coefficient (Wildman–Crippen LogP) is -0.945. The lowest BCUT2D eigenvalue weighted by atomic mass is 10.2. The third kappa shape index (κ3) is 28.7. The molecule has 218 valence electrons. The van der Waals surface area contributed by atoms with E-state index in [-0.39, 0.29) is 26.1 Å². The van der Waals surface area contributed by atoms with Gasteiger partial charge in [-0.15, -0.1) is 0 Å². The Balaban J connectivity index is 3.13. The van der Waals surface area contributed by atoms with Gasteiger partial charge in [-0.1, -0.05) is 0 Å². The topological polar surface area (TPSA) is 181 Å². The molecule has 0 radical (unpaired) electrons. The highest BCUT2D eigenvalue weighted by molar-refractivity contribution is 6.32. The van der Waals surface area contributed by atoms with Crippen molar-refractivity contribution in [1.82, 2.24) is 0 Å². The van der Waals surface area contributed by atoms with Gasteiger partial charge in [-0.25, -0.2) is 4.79 Å². The summed E-state index contributed by atoms with van der Waals surface area (Å²) in [7, 11) is 0. The summed E-state index contributed by atoms with van der Waals surface area (Å²) in [5.41, 5.74) is 5.31. The second-order valence-corrected chi connectivity index (χ2v) is 7.14. The summed E-state index contributed by atoms with van der Waals surface area (Å²) < 4.78 is 47.5. The maximum atomic E-state index is 11.3. The quantitative estimate of drug-likeness (QED) is 0.0645. The van der Waals surface area contributed by atoms with E-state index < -0.39 is 17.7 Å². The van der Waals surface area contributed by atoms with Crippen LogP contribution in [-0.4, -0.2) is 142 Å². The number of carboxylic acid groups (broad SMARTS) is 1. The molecule has 14 heteroatoms. The van der Waals surface area contributed by atoms with E-state index in [4.69, 9.17) is 53.5 Å². The Labute approximate surface area is 217 Å². The van der Waals surface area contributed by atoms with Crippen LogP contribution in [0.1, 0.15) is 12.8 Å². The van der Waals surface area contributed by atoms with Crippen molar-refractivity contribution in [3.63, 3.8) is 0 Å². The lowest BCUT2D eigenvalue weighted by Crippen LogP contribution is -2.17. The summed E-state index contributed by atoms with van der Waals surface area (Å²) in [6, 6.07) is 0. The number of Topliss-reactive ketones (excluding diaryl/α,β-unsaturated/α-hetero) is 1. The maximum absolute atomic E-state index is 11.3. The fourth-order valence-electron chi connectivity index (χ4n) is 2.33. The number of carboxylic acids is 1. The van der Waals surface area contributed by atoms with Gasteiger partial charge in [0.25, 0.3) is 0 Å². The normalized spacial score (nSPS) is 11.1. The smallest absolute Gasteiger partial charge is 0.372 e. The third-order valence-electron chi connectivity index (χ3n) is 4.15. The average molecular weight is 542 g/mol. The fourth-order valence-corrected chi connectivity index (χ4v) is 2.33. The number of hydrogen-bond acceptors (Lipinski definition) is 13. The third-order valence-corrected chi connectivity index (χ3v) is 4.15. The van der Waals surface area contributed by atoms with Gasteiger partial charge in [0.2, 0.25) is 5.78 Å². The molecule has 0 aliphatic rings. The number of nitrogens with two attached hydrogens (primary N) is 1. The molecule has 0 unspecified atom stereocenters. The first-order valence-electron chi connectivity index (χ1n) is 12.3. The second kappa shape index (κ2) is 28.8. The summed E-state index contributed by atoms with van der Waals surface area (Å²) in [4.78, 5) is 32.5. The molecule has 0 spiro atoms. The summed E-state index contributed by atoms with van der Waals surface area (Å²) in [5, 5.41) is 8.41. The molecule has 0 bridgehead atoms. The zero-order valence-corrected chi connectivity index (χ0v) is 21.6. The van der Waals surface area contributed by atoms with Crippen LogP contribution in [0.4, 0.5) is 0 Å². The number of rotatable bonds is 30. The van der Waals surface area contributed by atoms with Crippen molar-refractivity contribution in [3.8, 4) is 0 Å². The molecule has 0 saturated carbocycles. The van der Waals surface area contributed by atoms with Crippen molar-refractivity contribution in [3.05, 3.63) is 0 Å². The Kier molecular flexibility index (Phi) is 27.5. The first-order valence-corrected chi connectivity index (χ1v) is 12.3. The second-order valence-electron chi connectivity index (χ2n) is 7.14. The molecule has 0 aromatic carbocycles. The molecule has 0 aromatic heterocycles. The van der Waals surface area contributed by atoms with Gasteiger partial charge >= 0.3 is 11.9 Å². The largest absolute Gasteiger partial charge is 0.476 e. The standard InChI is InChI=1S/C23H43NO13/c24-3-4-29-5-6-30-7-8-31-9-10-32-11-12-33-13-14-34-15-16-35-17-18-36-19-20-37-22(26)2-1-21(25)23(27)28/h1-20,24H2,(H,27,28). The molecule has 3 N–H and O–H groups in total. The highest BCUT2D eigenvalue weighted by Crippen LogP contribution is 1.95. The Morgan fingerprint density at radius 2 is 0.757 bits per heavy atom. The molecule has 37 heavy (non-hydrogen) atoms. The Morgan fingerprint density at radius 1 is 0.459 bits per heavy atom. The van der Waals surface area contributed by atoms with E-state index in [1.54, 1.807) is 0 Å². The van der Waals surface area contributed by atoms with E-state index in [9.17, 15) is 14.4 Å². The SMILES string of the molecule is NCCOCCOCCOCCOCCOCCOCCOCCOCCOC(=O)CCC(=O)C(=O)O. The zero-order valence-electron chi connectivity index (χ0n) is 21.6. The van der Waals surface area contributed by atoms with Gasteiger partial charge in [0.15, 0.2) is 0 Å². The maximum Gasteiger partial charge on any atom is 0.372 e. The van der Waals surface area contributed by atoms with Gasteiger partial charge in [0.1, 0.15) is 6.61 Å². The van der Waals surface area contributed by atoms with Crippen molar-refractivity contribution in [2.45, 2.75) is 12.8 Å². The molecule has 14 nitrogen and oxygen atoms in total. The van der Waals surface area contributed by atoms with Crippen LogP contribution in [0.5, 0.6) is 0 Å². The number of ether oxygens (including phenoxy) is 9. The van der Waals surface area contributed by atoms with Crippen LogP contribution in [0.15, 0.2) is 0 Å². The van der Waals surface area contributed by atoms with E-state index in [1.807, 2.05) is 0 Å². The predicted molar refractivity (Wildman–Crippen MR) is 128 cm³/mol. The Hall–Kier alpha value is -1.75. The van der Waals surface area contributed by atoms with Gasteiger partial charge < -0.3 is 53.5 Å². The van der Waals surface area contributed by atoms with Gasteiger partial charge in [0, 0.05) is 13.0 Å². The lowest BCUT2D eigenvalue weighted by Gasteiger charge is -2.09. The summed E-state index contributed by atoms with van der Waals surface area (Å²) in [6.07, 6.45) is -0.652. The highest BCUT2D eigenvalue weighted by atomic mass is 16.6. The van der Waals surface area contributed by atoms with Crippen molar-refractivity contribution < 1.29 is 62.1 Å². The minimum atomic E-state index is -1.56. The van der Waals surface area contributed by atoms with Crippen LogP contribution >= 0.6 is 0 Å². The van der Waals surface area contributed by atoms with Crippen molar-refractivity contribution in [2.75, 3.05) is 119 Å². The number of aliphatic carboxylic acids is 1. The number of carbonyl (C=O) groups excluding carboxylic acids is 2. The molecule has 0 aliphatic carbocycles.